The molecule has 0 spiro atoms. The Morgan fingerprint density at radius 3 is 3.18 bits per heavy atom. The van der Waals surface area contributed by atoms with Crippen LogP contribution in [-0.2, 0) is 0 Å². The minimum Gasteiger partial charge on any atom is -0.275 e. The number of aromatic nitrogens is 2. The van der Waals surface area contributed by atoms with Gasteiger partial charge in [-0.25, -0.2) is 4.68 Å². The number of aryl methyl sites for hydroxylation is 1. The molecule has 0 bridgehead atoms. The second kappa shape index (κ2) is 1.95. The molecule has 0 amide bonds. The van der Waals surface area contributed by atoms with Gasteiger partial charge in [-0.2, -0.15) is 10.2 Å². The van der Waals surface area contributed by atoms with Crippen LogP contribution in [0.25, 0.3) is 5.70 Å². The van der Waals surface area contributed by atoms with Crippen LogP contribution in [0.2, 0.25) is 0 Å². The molecule has 1 aromatic rings. The molecule has 0 unspecified atom stereocenters. The lowest BCUT2D eigenvalue weighted by Crippen LogP contribution is -2.17. The van der Waals surface area contributed by atoms with Crippen LogP contribution in [0, 0.1) is 6.92 Å². The predicted molar refractivity (Wildman–Crippen MR) is 43.0 cm³/mol. The Hall–Kier alpha value is -1.58. The molecule has 4 nitrogen and oxygen atoms in total. The quantitative estimate of drug-likeness (QED) is 0.584. The molecule has 1 aliphatic rings. The van der Waals surface area contributed by atoms with E-state index in [0.717, 1.165) is 17.0 Å². The average molecular weight is 148 g/mol. The lowest BCUT2D eigenvalue weighted by Gasteiger charge is -2.10. The zero-order chi connectivity index (χ0) is 7.84. The third-order valence-electron chi connectivity index (χ3n) is 1.63. The zero-order valence-electron chi connectivity index (χ0n) is 6.20. The first-order valence-electron chi connectivity index (χ1n) is 3.31. The predicted octanol–water partition coefficient (Wildman–Crippen LogP) is 0.557. The van der Waals surface area contributed by atoms with Crippen molar-refractivity contribution in [3.63, 3.8) is 0 Å². The Labute approximate surface area is 64.2 Å². The van der Waals surface area contributed by atoms with Crippen LogP contribution in [0.15, 0.2) is 17.9 Å². The van der Waals surface area contributed by atoms with Crippen LogP contribution >= 0.6 is 0 Å². The van der Waals surface area contributed by atoms with Gasteiger partial charge in [-0.05, 0) is 12.5 Å². The van der Waals surface area contributed by atoms with Gasteiger partial charge in [-0.3, -0.25) is 5.43 Å². The SMILES string of the molecule is C=C1NN=Cn2ncc(C)c21. The van der Waals surface area contributed by atoms with Crippen molar-refractivity contribution >= 4 is 12.0 Å². The summed E-state index contributed by atoms with van der Waals surface area (Å²) in [4.78, 5) is 0. The first kappa shape index (κ1) is 6.15. The molecule has 11 heavy (non-hydrogen) atoms. The van der Waals surface area contributed by atoms with E-state index in [4.69, 9.17) is 0 Å². The molecule has 2 heterocycles. The summed E-state index contributed by atoms with van der Waals surface area (Å²) in [6.45, 7) is 5.79. The summed E-state index contributed by atoms with van der Waals surface area (Å²) in [5.41, 5.74) is 5.68. The van der Waals surface area contributed by atoms with Crippen LogP contribution in [0.1, 0.15) is 11.3 Å². The highest BCUT2D eigenvalue weighted by Crippen LogP contribution is 2.15. The molecule has 2 rings (SSSR count). The largest absolute Gasteiger partial charge is 0.275 e. The van der Waals surface area contributed by atoms with Gasteiger partial charge in [0.1, 0.15) is 6.34 Å². The number of rotatable bonds is 0. The number of nitrogens with one attached hydrogen (secondary N) is 1. The summed E-state index contributed by atoms with van der Waals surface area (Å²) in [7, 11) is 0. The van der Waals surface area contributed by atoms with E-state index < -0.39 is 0 Å². The Morgan fingerprint density at radius 1 is 1.64 bits per heavy atom. The van der Waals surface area contributed by atoms with E-state index >= 15 is 0 Å². The first-order chi connectivity index (χ1) is 5.29. The van der Waals surface area contributed by atoms with Crippen LogP contribution in [0.5, 0.6) is 0 Å². The van der Waals surface area contributed by atoms with Gasteiger partial charge >= 0.3 is 0 Å². The van der Waals surface area contributed by atoms with Crippen LogP contribution < -0.4 is 5.43 Å². The summed E-state index contributed by atoms with van der Waals surface area (Å²) in [6, 6.07) is 0. The fourth-order valence-electron chi connectivity index (χ4n) is 1.13. The Morgan fingerprint density at radius 2 is 2.45 bits per heavy atom. The van der Waals surface area contributed by atoms with Gasteiger partial charge in [0.25, 0.3) is 0 Å². The number of hydrogen-bond donors (Lipinski definition) is 1. The summed E-state index contributed by atoms with van der Waals surface area (Å²) in [5.74, 6) is 0. The molecule has 0 radical (unpaired) electrons. The maximum absolute atomic E-state index is 4.07. The van der Waals surface area contributed by atoms with Crippen molar-refractivity contribution in [2.24, 2.45) is 5.10 Å². The fourth-order valence-corrected chi connectivity index (χ4v) is 1.13. The van der Waals surface area contributed by atoms with E-state index in [1.54, 1.807) is 17.2 Å². The van der Waals surface area contributed by atoms with Gasteiger partial charge in [0, 0.05) is 0 Å². The Balaban J connectivity index is 2.67. The van der Waals surface area contributed by atoms with Crippen molar-refractivity contribution in [2.75, 3.05) is 0 Å². The van der Waals surface area contributed by atoms with Gasteiger partial charge in [-0.15, -0.1) is 0 Å². The van der Waals surface area contributed by atoms with E-state index in [1.165, 1.54) is 0 Å². The molecule has 0 aliphatic carbocycles. The fraction of sp³-hybridized carbons (Fsp3) is 0.143. The maximum atomic E-state index is 4.07. The molecular formula is C7H8N4. The molecule has 1 aromatic heterocycles. The van der Waals surface area contributed by atoms with Crippen molar-refractivity contribution < 1.29 is 0 Å². The molecule has 1 N–H and O–H groups in total. The lowest BCUT2D eigenvalue weighted by molar-refractivity contribution is 0.852. The van der Waals surface area contributed by atoms with Crippen molar-refractivity contribution in [3.8, 4) is 0 Å². The Kier molecular flexibility index (Phi) is 1.09. The van der Waals surface area contributed by atoms with E-state index in [2.05, 4.69) is 22.2 Å². The van der Waals surface area contributed by atoms with Crippen LogP contribution in [-0.4, -0.2) is 16.1 Å². The zero-order valence-corrected chi connectivity index (χ0v) is 6.20. The van der Waals surface area contributed by atoms with Gasteiger partial charge in [0.05, 0.1) is 17.6 Å². The van der Waals surface area contributed by atoms with E-state index in [0.29, 0.717) is 0 Å². The van der Waals surface area contributed by atoms with Gasteiger partial charge in [0.15, 0.2) is 0 Å². The molecular weight excluding hydrogens is 140 g/mol. The van der Waals surface area contributed by atoms with Gasteiger partial charge in [0.2, 0.25) is 0 Å². The molecule has 0 saturated carbocycles. The third kappa shape index (κ3) is 0.756. The van der Waals surface area contributed by atoms with Crippen molar-refractivity contribution in [3.05, 3.63) is 24.0 Å². The number of hydrogen-bond acceptors (Lipinski definition) is 3. The molecule has 56 valence electrons. The highest BCUT2D eigenvalue weighted by molar-refractivity contribution is 5.73. The molecule has 0 fully saturated rings. The minimum atomic E-state index is 0.794. The van der Waals surface area contributed by atoms with Crippen molar-refractivity contribution in [1.29, 1.82) is 0 Å². The van der Waals surface area contributed by atoms with Crippen molar-refractivity contribution in [1.82, 2.24) is 15.2 Å². The maximum Gasteiger partial charge on any atom is 0.137 e. The van der Waals surface area contributed by atoms with E-state index in [-0.39, 0.29) is 0 Å². The Bertz CT molecular complexity index is 334. The van der Waals surface area contributed by atoms with E-state index in [9.17, 15) is 0 Å². The van der Waals surface area contributed by atoms with Crippen molar-refractivity contribution in [2.45, 2.75) is 6.92 Å². The van der Waals surface area contributed by atoms with Gasteiger partial charge in [-0.1, -0.05) is 6.58 Å². The average Bonchev–Trinajstić information content (AvgIpc) is 2.34. The second-order valence-electron chi connectivity index (χ2n) is 2.46. The topological polar surface area (TPSA) is 42.2 Å². The monoisotopic (exact) mass is 148 g/mol. The first-order valence-corrected chi connectivity index (χ1v) is 3.31. The summed E-state index contributed by atoms with van der Waals surface area (Å²) >= 11 is 0. The van der Waals surface area contributed by atoms with Gasteiger partial charge < -0.3 is 0 Å². The number of hydrazone groups is 1. The summed E-state index contributed by atoms with van der Waals surface area (Å²) < 4.78 is 1.70. The van der Waals surface area contributed by atoms with E-state index in [1.807, 2.05) is 6.92 Å². The molecule has 0 aromatic carbocycles. The van der Waals surface area contributed by atoms with Crippen LogP contribution in [0.3, 0.4) is 0 Å². The highest BCUT2D eigenvalue weighted by Gasteiger charge is 2.11. The third-order valence-corrected chi connectivity index (χ3v) is 1.63. The lowest BCUT2D eigenvalue weighted by atomic mass is 10.2. The number of fused-ring (bicyclic) bond motifs is 1. The normalized spacial score (nSPS) is 14.5. The second-order valence-corrected chi connectivity index (χ2v) is 2.46. The number of nitrogens with zero attached hydrogens (tertiary/aromatic N) is 3. The smallest absolute Gasteiger partial charge is 0.137 e. The standard InChI is InChI=1S/C7H8N4/c1-5-3-9-11-4-8-10-6(2)7(5)11/h3-4,10H,2H2,1H3. The highest BCUT2D eigenvalue weighted by atomic mass is 15.4. The molecule has 0 atom stereocenters. The minimum absolute atomic E-state index is 0.794. The molecule has 4 heteroatoms. The van der Waals surface area contributed by atoms with Crippen LogP contribution in [0.4, 0.5) is 0 Å². The molecule has 0 saturated heterocycles. The molecule has 1 aliphatic heterocycles. The summed E-state index contributed by atoms with van der Waals surface area (Å²) in [6.07, 6.45) is 3.41. The summed E-state index contributed by atoms with van der Waals surface area (Å²) in [5, 5.41) is 7.91.